The first-order valence-electron chi connectivity index (χ1n) is 8.18. The molecule has 1 aliphatic carbocycles. The molecule has 122 valence electrons. The Bertz CT molecular complexity index is 500. The van der Waals surface area contributed by atoms with Gasteiger partial charge in [-0.15, -0.1) is 0 Å². The number of nitrogens with one attached hydrogen (secondary N) is 1. The van der Waals surface area contributed by atoms with Gasteiger partial charge in [0, 0.05) is 32.7 Å². The molecule has 2 aliphatic rings. The average Bonchev–Trinajstić information content (AvgIpc) is 3.36. The molecular formula is C17H25BrN2O2. The van der Waals surface area contributed by atoms with Gasteiger partial charge in [0.05, 0.1) is 18.2 Å². The second kappa shape index (κ2) is 7.66. The van der Waals surface area contributed by atoms with E-state index >= 15 is 0 Å². The molecule has 1 heterocycles. The number of hydrogen-bond acceptors (Lipinski definition) is 4. The minimum Gasteiger partial charge on any atom is -0.493 e. The van der Waals surface area contributed by atoms with E-state index in [0.717, 1.165) is 67.6 Å². The van der Waals surface area contributed by atoms with Crippen molar-refractivity contribution < 1.29 is 9.47 Å². The van der Waals surface area contributed by atoms with Gasteiger partial charge in [0.25, 0.3) is 0 Å². The fourth-order valence-electron chi connectivity index (χ4n) is 2.77. The molecule has 0 atom stereocenters. The van der Waals surface area contributed by atoms with Crippen LogP contribution in [0.1, 0.15) is 18.4 Å². The number of halogens is 1. The fraction of sp³-hybridized carbons (Fsp3) is 0.647. The van der Waals surface area contributed by atoms with Crippen LogP contribution in [0.3, 0.4) is 0 Å². The van der Waals surface area contributed by atoms with Crippen molar-refractivity contribution in [2.45, 2.75) is 19.3 Å². The Balaban J connectivity index is 1.62. The molecule has 0 amide bonds. The highest BCUT2D eigenvalue weighted by molar-refractivity contribution is 9.10. The van der Waals surface area contributed by atoms with Crippen LogP contribution >= 0.6 is 15.9 Å². The smallest absolute Gasteiger partial charge is 0.175 e. The first-order valence-corrected chi connectivity index (χ1v) is 8.98. The Morgan fingerprint density at radius 1 is 1.27 bits per heavy atom. The summed E-state index contributed by atoms with van der Waals surface area (Å²) in [7, 11) is 1.71. The minimum absolute atomic E-state index is 0.740. The van der Waals surface area contributed by atoms with Gasteiger partial charge in [-0.25, -0.2) is 0 Å². The third kappa shape index (κ3) is 4.37. The number of benzene rings is 1. The molecule has 5 heteroatoms. The minimum atomic E-state index is 0.740. The van der Waals surface area contributed by atoms with Crippen molar-refractivity contribution in [3.05, 3.63) is 22.2 Å². The number of hydrogen-bond donors (Lipinski definition) is 1. The lowest BCUT2D eigenvalue weighted by atomic mass is 10.1. The molecule has 1 aromatic carbocycles. The molecular weight excluding hydrogens is 344 g/mol. The predicted octanol–water partition coefficient (Wildman–Crippen LogP) is 2.69. The quantitative estimate of drug-likeness (QED) is 0.802. The molecule has 1 saturated heterocycles. The molecule has 0 aromatic heterocycles. The molecule has 1 aliphatic heterocycles. The van der Waals surface area contributed by atoms with Gasteiger partial charge in [0.2, 0.25) is 0 Å². The average molecular weight is 369 g/mol. The number of methoxy groups -OCH3 is 1. The highest BCUT2D eigenvalue weighted by atomic mass is 79.9. The van der Waals surface area contributed by atoms with Crippen molar-refractivity contribution in [1.29, 1.82) is 0 Å². The summed E-state index contributed by atoms with van der Waals surface area (Å²) in [5.74, 6) is 2.43. The van der Waals surface area contributed by atoms with Gasteiger partial charge in [0.15, 0.2) is 11.5 Å². The lowest BCUT2D eigenvalue weighted by Gasteiger charge is -2.27. The lowest BCUT2D eigenvalue weighted by molar-refractivity contribution is 0.243. The van der Waals surface area contributed by atoms with Crippen LogP contribution in [-0.2, 0) is 6.42 Å². The van der Waals surface area contributed by atoms with Crippen LogP contribution in [0.15, 0.2) is 16.6 Å². The molecule has 0 radical (unpaired) electrons. The summed E-state index contributed by atoms with van der Waals surface area (Å²) >= 11 is 3.65. The van der Waals surface area contributed by atoms with Gasteiger partial charge < -0.3 is 19.7 Å². The molecule has 0 spiro atoms. The van der Waals surface area contributed by atoms with Crippen molar-refractivity contribution in [2.75, 3.05) is 46.4 Å². The maximum absolute atomic E-state index is 5.94. The maximum Gasteiger partial charge on any atom is 0.175 e. The van der Waals surface area contributed by atoms with E-state index in [1.807, 2.05) is 0 Å². The monoisotopic (exact) mass is 368 g/mol. The van der Waals surface area contributed by atoms with Gasteiger partial charge >= 0.3 is 0 Å². The van der Waals surface area contributed by atoms with E-state index in [-0.39, 0.29) is 0 Å². The first-order chi connectivity index (χ1) is 10.8. The molecule has 1 saturated carbocycles. The Kier molecular flexibility index (Phi) is 5.61. The van der Waals surface area contributed by atoms with E-state index in [2.05, 4.69) is 38.3 Å². The maximum atomic E-state index is 5.94. The standard InChI is InChI=1S/C17H25BrN2O2/c1-21-16-11-14(4-7-20-8-5-19-6-9-20)10-15(18)17(16)22-12-13-2-3-13/h10-11,13,19H,2-9,12H2,1H3. The van der Waals surface area contributed by atoms with E-state index < -0.39 is 0 Å². The van der Waals surface area contributed by atoms with Gasteiger partial charge in [-0.2, -0.15) is 0 Å². The van der Waals surface area contributed by atoms with Crippen LogP contribution in [-0.4, -0.2) is 51.3 Å². The molecule has 0 unspecified atom stereocenters. The fourth-order valence-corrected chi connectivity index (χ4v) is 3.37. The van der Waals surface area contributed by atoms with Crippen molar-refractivity contribution in [2.24, 2.45) is 5.92 Å². The summed E-state index contributed by atoms with van der Waals surface area (Å²) in [6.07, 6.45) is 3.63. The van der Waals surface area contributed by atoms with Crippen molar-refractivity contribution in [3.63, 3.8) is 0 Å². The highest BCUT2D eigenvalue weighted by Gasteiger charge is 2.23. The van der Waals surface area contributed by atoms with Gasteiger partial charge in [-0.3, -0.25) is 0 Å². The van der Waals surface area contributed by atoms with Crippen LogP contribution in [0.2, 0.25) is 0 Å². The molecule has 3 rings (SSSR count). The summed E-state index contributed by atoms with van der Waals surface area (Å²) in [6.45, 7) is 6.37. The molecule has 0 bridgehead atoms. The zero-order valence-corrected chi connectivity index (χ0v) is 14.8. The van der Waals surface area contributed by atoms with Gasteiger partial charge in [-0.1, -0.05) is 0 Å². The zero-order valence-electron chi connectivity index (χ0n) is 13.2. The highest BCUT2D eigenvalue weighted by Crippen LogP contribution is 2.39. The SMILES string of the molecule is COc1cc(CCN2CCNCC2)cc(Br)c1OCC1CC1. The molecule has 4 nitrogen and oxygen atoms in total. The van der Waals surface area contributed by atoms with Crippen LogP contribution in [0.25, 0.3) is 0 Å². The van der Waals surface area contributed by atoms with Crippen molar-refractivity contribution in [3.8, 4) is 11.5 Å². The Labute approximate surface area is 141 Å². The molecule has 1 N–H and O–H groups in total. The topological polar surface area (TPSA) is 33.7 Å². The van der Waals surface area contributed by atoms with Crippen LogP contribution < -0.4 is 14.8 Å². The number of ether oxygens (including phenoxy) is 2. The third-order valence-corrected chi connectivity index (χ3v) is 4.96. The molecule has 2 fully saturated rings. The van der Waals surface area contributed by atoms with Crippen LogP contribution in [0.4, 0.5) is 0 Å². The number of nitrogens with zero attached hydrogens (tertiary/aromatic N) is 1. The summed E-state index contributed by atoms with van der Waals surface area (Å²) in [4.78, 5) is 2.51. The lowest BCUT2D eigenvalue weighted by Crippen LogP contribution is -2.44. The van der Waals surface area contributed by atoms with Gasteiger partial charge in [-0.05, 0) is 58.8 Å². The Morgan fingerprint density at radius 3 is 2.73 bits per heavy atom. The summed E-state index contributed by atoms with van der Waals surface area (Å²) in [6, 6.07) is 4.29. The summed E-state index contributed by atoms with van der Waals surface area (Å²) in [5.41, 5.74) is 1.29. The largest absolute Gasteiger partial charge is 0.493 e. The van der Waals surface area contributed by atoms with Crippen molar-refractivity contribution in [1.82, 2.24) is 10.2 Å². The number of rotatable bonds is 7. The van der Waals surface area contributed by atoms with E-state index in [0.29, 0.717) is 0 Å². The molecule has 1 aromatic rings. The Morgan fingerprint density at radius 2 is 2.05 bits per heavy atom. The third-order valence-electron chi connectivity index (χ3n) is 4.38. The zero-order chi connectivity index (χ0) is 15.4. The molecule has 22 heavy (non-hydrogen) atoms. The summed E-state index contributed by atoms with van der Waals surface area (Å²) < 4.78 is 12.5. The second-order valence-electron chi connectivity index (χ2n) is 6.21. The summed E-state index contributed by atoms with van der Waals surface area (Å²) in [5, 5.41) is 3.39. The first kappa shape index (κ1) is 16.1. The normalized spacial score (nSPS) is 19.2. The van der Waals surface area contributed by atoms with E-state index in [1.165, 1.54) is 18.4 Å². The van der Waals surface area contributed by atoms with Crippen LogP contribution in [0, 0.1) is 5.92 Å². The van der Waals surface area contributed by atoms with Crippen molar-refractivity contribution >= 4 is 15.9 Å². The predicted molar refractivity (Wildman–Crippen MR) is 91.9 cm³/mol. The van der Waals surface area contributed by atoms with E-state index in [1.54, 1.807) is 7.11 Å². The van der Waals surface area contributed by atoms with E-state index in [4.69, 9.17) is 9.47 Å². The Hall–Kier alpha value is -0.780. The van der Waals surface area contributed by atoms with Crippen LogP contribution in [0.5, 0.6) is 11.5 Å². The second-order valence-corrected chi connectivity index (χ2v) is 7.06. The van der Waals surface area contributed by atoms with E-state index in [9.17, 15) is 0 Å². The van der Waals surface area contributed by atoms with Gasteiger partial charge in [0.1, 0.15) is 0 Å². The number of piperazine rings is 1.